The molecule has 0 fully saturated rings. The van der Waals surface area contributed by atoms with Crippen LogP contribution >= 0.6 is 0 Å². The minimum atomic E-state index is 0.659. The smallest absolute Gasteiger partial charge is 0.146 e. The van der Waals surface area contributed by atoms with Gasteiger partial charge >= 0.3 is 0 Å². The van der Waals surface area contributed by atoms with Crippen molar-refractivity contribution in [3.05, 3.63) is 35.5 Å². The van der Waals surface area contributed by atoms with Crippen molar-refractivity contribution >= 4 is 5.82 Å². The van der Waals surface area contributed by atoms with Crippen LogP contribution in [0.25, 0.3) is 0 Å². The Kier molecular flexibility index (Phi) is 2.68. The highest BCUT2D eigenvalue weighted by Gasteiger charge is 2.14. The standard InChI is InChI=1S/C12H13N3/c1-10-4-3-7-15(9-10)12-11(8-13)5-2-6-14-12/h2,4-6H,3,7,9H2,1H3. The molecule has 1 aliphatic heterocycles. The van der Waals surface area contributed by atoms with Gasteiger partial charge < -0.3 is 4.90 Å². The van der Waals surface area contributed by atoms with Gasteiger partial charge in [-0.05, 0) is 25.5 Å². The van der Waals surface area contributed by atoms with Gasteiger partial charge in [0.05, 0.1) is 5.56 Å². The summed E-state index contributed by atoms with van der Waals surface area (Å²) >= 11 is 0. The Morgan fingerprint density at radius 3 is 3.13 bits per heavy atom. The molecule has 2 rings (SSSR count). The maximum atomic E-state index is 8.98. The molecule has 0 spiro atoms. The molecule has 76 valence electrons. The zero-order valence-corrected chi connectivity index (χ0v) is 8.77. The second-order valence-corrected chi connectivity index (χ2v) is 3.75. The van der Waals surface area contributed by atoms with Gasteiger partial charge in [-0.3, -0.25) is 0 Å². The lowest BCUT2D eigenvalue weighted by Gasteiger charge is -2.27. The van der Waals surface area contributed by atoms with Gasteiger partial charge in [0.1, 0.15) is 11.9 Å². The third kappa shape index (κ3) is 1.99. The van der Waals surface area contributed by atoms with Crippen molar-refractivity contribution in [1.29, 1.82) is 5.26 Å². The maximum absolute atomic E-state index is 8.98. The normalized spacial score (nSPS) is 15.7. The molecule has 1 aliphatic rings. The van der Waals surface area contributed by atoms with Crippen molar-refractivity contribution in [2.45, 2.75) is 13.3 Å². The average Bonchev–Trinajstić information content (AvgIpc) is 2.29. The molecule has 2 heterocycles. The fourth-order valence-electron chi connectivity index (χ4n) is 1.83. The maximum Gasteiger partial charge on any atom is 0.146 e. The Morgan fingerprint density at radius 2 is 2.40 bits per heavy atom. The number of aromatic nitrogens is 1. The minimum Gasteiger partial charge on any atom is -0.351 e. The van der Waals surface area contributed by atoms with Crippen molar-refractivity contribution in [2.75, 3.05) is 18.0 Å². The van der Waals surface area contributed by atoms with Crippen molar-refractivity contribution < 1.29 is 0 Å². The molecule has 0 aromatic carbocycles. The van der Waals surface area contributed by atoms with Gasteiger partial charge in [-0.25, -0.2) is 4.98 Å². The Bertz CT molecular complexity index is 429. The van der Waals surface area contributed by atoms with Crippen molar-refractivity contribution in [1.82, 2.24) is 4.98 Å². The van der Waals surface area contributed by atoms with E-state index in [1.807, 2.05) is 6.07 Å². The molecule has 15 heavy (non-hydrogen) atoms. The second-order valence-electron chi connectivity index (χ2n) is 3.75. The van der Waals surface area contributed by atoms with E-state index >= 15 is 0 Å². The fourth-order valence-corrected chi connectivity index (χ4v) is 1.83. The van der Waals surface area contributed by atoms with Crippen molar-refractivity contribution in [3.63, 3.8) is 0 Å². The lowest BCUT2D eigenvalue weighted by molar-refractivity contribution is 0.777. The molecule has 0 aliphatic carbocycles. The highest BCUT2D eigenvalue weighted by atomic mass is 15.2. The summed E-state index contributed by atoms with van der Waals surface area (Å²) in [7, 11) is 0. The number of rotatable bonds is 1. The number of hydrogen-bond donors (Lipinski definition) is 0. The highest BCUT2D eigenvalue weighted by Crippen LogP contribution is 2.20. The first-order chi connectivity index (χ1) is 7.31. The van der Waals surface area contributed by atoms with Crippen LogP contribution in [-0.2, 0) is 0 Å². The molecule has 3 heteroatoms. The quantitative estimate of drug-likeness (QED) is 0.650. The van der Waals surface area contributed by atoms with Crippen molar-refractivity contribution in [3.8, 4) is 6.07 Å². The predicted octanol–water partition coefficient (Wildman–Crippen LogP) is 2.11. The number of hydrogen-bond acceptors (Lipinski definition) is 3. The van der Waals surface area contributed by atoms with E-state index in [2.05, 4.69) is 29.0 Å². The highest BCUT2D eigenvalue weighted by molar-refractivity contribution is 5.54. The molecule has 0 unspecified atom stereocenters. The third-order valence-corrected chi connectivity index (χ3v) is 2.54. The summed E-state index contributed by atoms with van der Waals surface area (Å²) in [6.07, 6.45) is 5.02. The molecule has 1 aromatic rings. The Labute approximate surface area is 89.7 Å². The van der Waals surface area contributed by atoms with E-state index in [9.17, 15) is 0 Å². The summed E-state index contributed by atoms with van der Waals surface area (Å²) in [6.45, 7) is 3.94. The number of anilines is 1. The van der Waals surface area contributed by atoms with Crippen LogP contribution in [-0.4, -0.2) is 18.1 Å². The topological polar surface area (TPSA) is 39.9 Å². The molecule has 0 amide bonds. The lowest BCUT2D eigenvalue weighted by Crippen LogP contribution is -2.30. The zero-order valence-electron chi connectivity index (χ0n) is 8.77. The Balaban J connectivity index is 2.30. The average molecular weight is 199 g/mol. The molecule has 0 N–H and O–H groups in total. The Morgan fingerprint density at radius 1 is 1.53 bits per heavy atom. The van der Waals surface area contributed by atoms with Gasteiger partial charge in [-0.15, -0.1) is 0 Å². The number of nitrogens with zero attached hydrogens (tertiary/aromatic N) is 3. The first kappa shape index (κ1) is 9.72. The minimum absolute atomic E-state index is 0.659. The van der Waals surface area contributed by atoms with E-state index in [0.29, 0.717) is 5.56 Å². The van der Waals surface area contributed by atoms with Crippen LogP contribution in [0.1, 0.15) is 18.9 Å². The van der Waals surface area contributed by atoms with Gasteiger partial charge in [-0.2, -0.15) is 5.26 Å². The van der Waals surface area contributed by atoms with Gasteiger partial charge in [0.15, 0.2) is 0 Å². The van der Waals surface area contributed by atoms with Crippen LogP contribution in [0.3, 0.4) is 0 Å². The van der Waals surface area contributed by atoms with Crippen LogP contribution in [0, 0.1) is 11.3 Å². The molecular formula is C12H13N3. The first-order valence-corrected chi connectivity index (χ1v) is 5.07. The van der Waals surface area contributed by atoms with Crippen LogP contribution in [0.15, 0.2) is 30.0 Å². The molecule has 0 atom stereocenters. The molecule has 0 bridgehead atoms. The summed E-state index contributed by atoms with van der Waals surface area (Å²) < 4.78 is 0. The van der Waals surface area contributed by atoms with Gasteiger partial charge in [-0.1, -0.05) is 11.6 Å². The molecule has 0 saturated carbocycles. The van der Waals surface area contributed by atoms with Gasteiger partial charge in [0.25, 0.3) is 0 Å². The van der Waals surface area contributed by atoms with Gasteiger partial charge in [0.2, 0.25) is 0 Å². The fraction of sp³-hybridized carbons (Fsp3) is 0.333. The first-order valence-electron chi connectivity index (χ1n) is 5.07. The van der Waals surface area contributed by atoms with Crippen LogP contribution in [0.2, 0.25) is 0 Å². The monoisotopic (exact) mass is 199 g/mol. The number of nitriles is 1. The third-order valence-electron chi connectivity index (χ3n) is 2.54. The van der Waals surface area contributed by atoms with Crippen molar-refractivity contribution in [2.24, 2.45) is 0 Å². The van der Waals surface area contributed by atoms with E-state index in [1.165, 1.54) is 5.57 Å². The summed E-state index contributed by atoms with van der Waals surface area (Å²) in [6, 6.07) is 5.80. The summed E-state index contributed by atoms with van der Waals surface area (Å²) in [5.41, 5.74) is 2.00. The number of pyridine rings is 1. The van der Waals surface area contributed by atoms with E-state index in [4.69, 9.17) is 5.26 Å². The van der Waals surface area contributed by atoms with Gasteiger partial charge in [0, 0.05) is 19.3 Å². The molecule has 0 saturated heterocycles. The molecular weight excluding hydrogens is 186 g/mol. The second kappa shape index (κ2) is 4.14. The summed E-state index contributed by atoms with van der Waals surface area (Å²) in [5, 5.41) is 8.98. The predicted molar refractivity (Wildman–Crippen MR) is 59.5 cm³/mol. The van der Waals surface area contributed by atoms with E-state index in [0.717, 1.165) is 25.3 Å². The van der Waals surface area contributed by atoms with E-state index in [-0.39, 0.29) is 0 Å². The molecule has 3 nitrogen and oxygen atoms in total. The lowest BCUT2D eigenvalue weighted by atomic mass is 10.1. The molecule has 1 aromatic heterocycles. The summed E-state index contributed by atoms with van der Waals surface area (Å²) in [5.74, 6) is 0.812. The Hall–Kier alpha value is -1.82. The SMILES string of the molecule is CC1=CCCN(c2ncccc2C#N)C1. The zero-order chi connectivity index (χ0) is 10.7. The van der Waals surface area contributed by atoms with Crippen LogP contribution in [0.5, 0.6) is 0 Å². The molecule has 0 radical (unpaired) electrons. The van der Waals surface area contributed by atoms with E-state index in [1.54, 1.807) is 12.3 Å². The van der Waals surface area contributed by atoms with Crippen LogP contribution in [0.4, 0.5) is 5.82 Å². The van der Waals surface area contributed by atoms with Crippen LogP contribution < -0.4 is 4.90 Å². The largest absolute Gasteiger partial charge is 0.351 e. The summed E-state index contributed by atoms with van der Waals surface area (Å²) in [4.78, 5) is 6.44. The van der Waals surface area contributed by atoms with E-state index < -0.39 is 0 Å².